The Kier molecular flexibility index (Phi) is 3.78. The van der Waals surface area contributed by atoms with Crippen molar-refractivity contribution in [3.63, 3.8) is 0 Å². The van der Waals surface area contributed by atoms with Gasteiger partial charge in [0.2, 0.25) is 5.91 Å². The molecule has 1 fully saturated rings. The maximum atomic E-state index is 11.4. The smallest absolute Gasteiger partial charge is 0.221 e. The Morgan fingerprint density at radius 1 is 1.50 bits per heavy atom. The number of nitrogens with zero attached hydrogens (tertiary/aromatic N) is 1. The van der Waals surface area contributed by atoms with Crippen molar-refractivity contribution in [2.75, 3.05) is 19.6 Å². The summed E-state index contributed by atoms with van der Waals surface area (Å²) in [4.78, 5) is 13.8. The zero-order valence-electron chi connectivity index (χ0n) is 9.91. The first-order valence-electron chi connectivity index (χ1n) is 6.10. The summed E-state index contributed by atoms with van der Waals surface area (Å²) in [5, 5.41) is 2.99. The number of hydrogen-bond acceptors (Lipinski definition) is 2. The zero-order chi connectivity index (χ0) is 11.4. The van der Waals surface area contributed by atoms with Crippen LogP contribution in [0.15, 0.2) is 23.8 Å². The molecule has 0 saturated carbocycles. The molecule has 0 radical (unpaired) electrons. The Bertz CT molecular complexity index is 320. The number of allylic oxidation sites excluding steroid dienone is 3. The average Bonchev–Trinajstić information content (AvgIpc) is 2.41. The van der Waals surface area contributed by atoms with E-state index in [-0.39, 0.29) is 11.9 Å². The molecule has 1 atom stereocenters. The summed E-state index contributed by atoms with van der Waals surface area (Å²) in [5.41, 5.74) is 1.49. The lowest BCUT2D eigenvalue weighted by Gasteiger charge is -2.23. The number of amides is 1. The maximum absolute atomic E-state index is 11.4. The molecule has 1 aliphatic heterocycles. The monoisotopic (exact) mass is 220 g/mol. The molecule has 1 heterocycles. The SMILES string of the molecule is CC1CN(CC2=CC=CCC2)CCC(=O)N1. The van der Waals surface area contributed by atoms with E-state index in [2.05, 4.69) is 35.4 Å². The molecule has 2 rings (SSSR count). The summed E-state index contributed by atoms with van der Waals surface area (Å²) in [6.45, 7) is 4.94. The van der Waals surface area contributed by atoms with Gasteiger partial charge in [0, 0.05) is 32.1 Å². The molecule has 1 aliphatic carbocycles. The third-order valence-electron chi connectivity index (χ3n) is 3.12. The molecule has 1 saturated heterocycles. The van der Waals surface area contributed by atoms with Crippen LogP contribution in [0.3, 0.4) is 0 Å². The van der Waals surface area contributed by atoms with Gasteiger partial charge in [0.25, 0.3) is 0 Å². The van der Waals surface area contributed by atoms with Crippen LogP contribution in [0, 0.1) is 0 Å². The van der Waals surface area contributed by atoms with E-state index in [1.165, 1.54) is 12.0 Å². The quantitative estimate of drug-likeness (QED) is 0.764. The van der Waals surface area contributed by atoms with Gasteiger partial charge in [-0.05, 0) is 19.8 Å². The number of rotatable bonds is 2. The third-order valence-corrected chi connectivity index (χ3v) is 3.12. The minimum Gasteiger partial charge on any atom is -0.352 e. The van der Waals surface area contributed by atoms with Crippen LogP contribution in [-0.4, -0.2) is 36.5 Å². The lowest BCUT2D eigenvalue weighted by molar-refractivity contribution is -0.121. The van der Waals surface area contributed by atoms with Gasteiger partial charge in [-0.3, -0.25) is 9.69 Å². The van der Waals surface area contributed by atoms with Crippen LogP contribution in [0.25, 0.3) is 0 Å². The van der Waals surface area contributed by atoms with E-state index >= 15 is 0 Å². The predicted octanol–water partition coefficient (Wildman–Crippen LogP) is 1.47. The highest BCUT2D eigenvalue weighted by molar-refractivity contribution is 5.76. The number of carbonyl (C=O) groups is 1. The summed E-state index contributed by atoms with van der Waals surface area (Å²) in [6.07, 6.45) is 9.53. The molecule has 3 heteroatoms. The van der Waals surface area contributed by atoms with Crippen LogP contribution < -0.4 is 5.32 Å². The maximum Gasteiger partial charge on any atom is 0.221 e. The molecule has 0 aromatic rings. The summed E-state index contributed by atoms with van der Waals surface area (Å²) in [6, 6.07) is 0.273. The third kappa shape index (κ3) is 3.20. The van der Waals surface area contributed by atoms with Crippen molar-refractivity contribution in [1.29, 1.82) is 0 Å². The molecular formula is C13H20N2O. The van der Waals surface area contributed by atoms with Gasteiger partial charge in [-0.25, -0.2) is 0 Å². The highest BCUT2D eigenvalue weighted by Crippen LogP contribution is 2.14. The fourth-order valence-corrected chi connectivity index (χ4v) is 2.35. The van der Waals surface area contributed by atoms with Gasteiger partial charge >= 0.3 is 0 Å². The molecule has 16 heavy (non-hydrogen) atoms. The van der Waals surface area contributed by atoms with Crippen LogP contribution in [0.2, 0.25) is 0 Å². The fraction of sp³-hybridized carbons (Fsp3) is 0.615. The molecule has 1 N–H and O–H groups in total. The second kappa shape index (κ2) is 5.30. The first-order chi connectivity index (χ1) is 7.74. The van der Waals surface area contributed by atoms with Crippen LogP contribution in [0.1, 0.15) is 26.2 Å². The van der Waals surface area contributed by atoms with Gasteiger partial charge in [0.05, 0.1) is 0 Å². The molecule has 88 valence electrons. The second-order valence-electron chi connectivity index (χ2n) is 4.75. The Labute approximate surface area is 97.2 Å². The van der Waals surface area contributed by atoms with Crippen molar-refractivity contribution in [1.82, 2.24) is 10.2 Å². The minimum absolute atomic E-state index is 0.188. The van der Waals surface area contributed by atoms with Crippen molar-refractivity contribution in [2.45, 2.75) is 32.2 Å². The molecule has 1 amide bonds. The first kappa shape index (κ1) is 11.4. The van der Waals surface area contributed by atoms with Gasteiger partial charge < -0.3 is 5.32 Å². The van der Waals surface area contributed by atoms with Crippen LogP contribution in [0.4, 0.5) is 0 Å². The number of carbonyl (C=O) groups excluding carboxylic acids is 1. The van der Waals surface area contributed by atoms with E-state index in [0.717, 1.165) is 26.1 Å². The van der Waals surface area contributed by atoms with E-state index in [0.29, 0.717) is 6.42 Å². The summed E-state index contributed by atoms with van der Waals surface area (Å²) < 4.78 is 0. The Morgan fingerprint density at radius 3 is 3.12 bits per heavy atom. The standard InChI is InChI=1S/C13H20N2O/c1-11-9-15(8-7-13(16)14-11)10-12-5-3-2-4-6-12/h2-3,5,11H,4,6-10H2,1H3,(H,14,16). The highest BCUT2D eigenvalue weighted by Gasteiger charge is 2.19. The molecule has 0 spiro atoms. The Hall–Kier alpha value is -1.09. The van der Waals surface area contributed by atoms with E-state index in [4.69, 9.17) is 0 Å². The van der Waals surface area contributed by atoms with Crippen molar-refractivity contribution in [3.8, 4) is 0 Å². The summed E-state index contributed by atoms with van der Waals surface area (Å²) >= 11 is 0. The number of hydrogen-bond donors (Lipinski definition) is 1. The Balaban J connectivity index is 1.91. The topological polar surface area (TPSA) is 32.3 Å². The van der Waals surface area contributed by atoms with E-state index in [9.17, 15) is 4.79 Å². The van der Waals surface area contributed by atoms with Gasteiger partial charge in [-0.1, -0.05) is 23.8 Å². The van der Waals surface area contributed by atoms with Crippen molar-refractivity contribution in [2.24, 2.45) is 0 Å². The van der Waals surface area contributed by atoms with Crippen LogP contribution in [-0.2, 0) is 4.79 Å². The van der Waals surface area contributed by atoms with Crippen LogP contribution >= 0.6 is 0 Å². The van der Waals surface area contributed by atoms with Crippen molar-refractivity contribution < 1.29 is 4.79 Å². The minimum atomic E-state index is 0.188. The lowest BCUT2D eigenvalue weighted by Crippen LogP contribution is -2.37. The predicted molar refractivity (Wildman–Crippen MR) is 65.1 cm³/mol. The van der Waals surface area contributed by atoms with Gasteiger partial charge in [-0.15, -0.1) is 0 Å². The number of nitrogens with one attached hydrogen (secondary N) is 1. The van der Waals surface area contributed by atoms with Crippen LogP contribution in [0.5, 0.6) is 0 Å². The second-order valence-corrected chi connectivity index (χ2v) is 4.75. The molecule has 2 aliphatic rings. The van der Waals surface area contributed by atoms with E-state index < -0.39 is 0 Å². The summed E-state index contributed by atoms with van der Waals surface area (Å²) in [5.74, 6) is 0.188. The largest absolute Gasteiger partial charge is 0.352 e. The van der Waals surface area contributed by atoms with Gasteiger partial charge in [0.15, 0.2) is 0 Å². The first-order valence-corrected chi connectivity index (χ1v) is 6.10. The fourth-order valence-electron chi connectivity index (χ4n) is 2.35. The zero-order valence-corrected chi connectivity index (χ0v) is 9.91. The molecule has 0 aromatic carbocycles. The molecule has 0 bridgehead atoms. The lowest BCUT2D eigenvalue weighted by atomic mass is 10.0. The van der Waals surface area contributed by atoms with Gasteiger partial charge in [-0.2, -0.15) is 0 Å². The average molecular weight is 220 g/mol. The molecular weight excluding hydrogens is 200 g/mol. The summed E-state index contributed by atoms with van der Waals surface area (Å²) in [7, 11) is 0. The molecule has 3 nitrogen and oxygen atoms in total. The molecule has 0 aromatic heterocycles. The van der Waals surface area contributed by atoms with Crippen molar-refractivity contribution >= 4 is 5.91 Å². The Morgan fingerprint density at radius 2 is 2.38 bits per heavy atom. The van der Waals surface area contributed by atoms with E-state index in [1.807, 2.05) is 0 Å². The van der Waals surface area contributed by atoms with Gasteiger partial charge in [0.1, 0.15) is 0 Å². The van der Waals surface area contributed by atoms with Crippen molar-refractivity contribution in [3.05, 3.63) is 23.8 Å². The van der Waals surface area contributed by atoms with E-state index in [1.54, 1.807) is 0 Å². The highest BCUT2D eigenvalue weighted by atomic mass is 16.1. The molecule has 1 unspecified atom stereocenters. The normalized spacial score (nSPS) is 27.2.